The highest BCUT2D eigenvalue weighted by molar-refractivity contribution is 9.10. The summed E-state index contributed by atoms with van der Waals surface area (Å²) in [6, 6.07) is 10.3. The number of halogens is 2. The number of hydrogen-bond acceptors (Lipinski definition) is 5. The van der Waals surface area contributed by atoms with Crippen LogP contribution in [0.5, 0.6) is 5.75 Å². The number of esters is 1. The molecule has 0 unspecified atom stereocenters. The molecule has 0 N–H and O–H groups in total. The van der Waals surface area contributed by atoms with Gasteiger partial charge in [0.25, 0.3) is 0 Å². The van der Waals surface area contributed by atoms with E-state index in [1.54, 1.807) is 36.4 Å². The van der Waals surface area contributed by atoms with E-state index in [-0.39, 0.29) is 19.0 Å². The predicted molar refractivity (Wildman–Crippen MR) is 84.3 cm³/mol. The van der Waals surface area contributed by atoms with Gasteiger partial charge in [0.15, 0.2) is 13.2 Å². The first kappa shape index (κ1) is 16.0. The maximum atomic E-state index is 11.7. The molecular weight excluding hydrogens is 380 g/mol. The first-order chi connectivity index (χ1) is 10.0. The van der Waals surface area contributed by atoms with Crippen molar-refractivity contribution in [3.8, 4) is 5.75 Å². The van der Waals surface area contributed by atoms with Crippen molar-refractivity contribution in [2.45, 2.75) is 0 Å². The van der Waals surface area contributed by atoms with Crippen LogP contribution in [-0.4, -0.2) is 25.0 Å². The molecule has 2 aromatic rings. The summed E-state index contributed by atoms with van der Waals surface area (Å²) in [7, 11) is 0. The fraction of sp³-hybridized carbons (Fsp3) is 0.143. The largest absolute Gasteiger partial charge is 0.482 e. The molecule has 2 rings (SSSR count). The van der Waals surface area contributed by atoms with Crippen molar-refractivity contribution in [2.75, 3.05) is 13.2 Å². The summed E-state index contributed by atoms with van der Waals surface area (Å²) in [4.78, 5) is 23.7. The first-order valence-electron chi connectivity index (χ1n) is 5.87. The summed E-state index contributed by atoms with van der Waals surface area (Å²) < 4.78 is 11.5. The molecule has 1 aromatic heterocycles. The van der Waals surface area contributed by atoms with Gasteiger partial charge >= 0.3 is 5.97 Å². The molecule has 110 valence electrons. The normalized spacial score (nSPS) is 10.2. The van der Waals surface area contributed by atoms with Gasteiger partial charge < -0.3 is 9.47 Å². The maximum absolute atomic E-state index is 11.7. The molecule has 4 nitrogen and oxygen atoms in total. The fourth-order valence-electron chi connectivity index (χ4n) is 1.40. The highest BCUT2D eigenvalue weighted by Gasteiger charge is 2.12. The van der Waals surface area contributed by atoms with E-state index < -0.39 is 5.97 Å². The molecular formula is C14H10BrClO4S. The zero-order valence-corrected chi connectivity index (χ0v) is 13.8. The van der Waals surface area contributed by atoms with Crippen LogP contribution in [0.1, 0.15) is 9.67 Å². The molecule has 0 saturated carbocycles. The Morgan fingerprint density at radius 1 is 1.10 bits per heavy atom. The summed E-state index contributed by atoms with van der Waals surface area (Å²) in [6.07, 6.45) is 0. The van der Waals surface area contributed by atoms with Gasteiger partial charge in [0.05, 0.1) is 9.21 Å². The molecule has 21 heavy (non-hydrogen) atoms. The van der Waals surface area contributed by atoms with E-state index in [1.807, 2.05) is 0 Å². The average Bonchev–Trinajstić information content (AvgIpc) is 2.91. The van der Waals surface area contributed by atoms with Crippen molar-refractivity contribution in [3.63, 3.8) is 0 Å². The third-order valence-electron chi connectivity index (χ3n) is 2.38. The Labute approximate surface area is 138 Å². The average molecular weight is 390 g/mol. The molecule has 0 radical (unpaired) electrons. The number of ether oxygens (including phenoxy) is 2. The zero-order valence-electron chi connectivity index (χ0n) is 10.7. The molecule has 0 saturated heterocycles. The van der Waals surface area contributed by atoms with E-state index in [2.05, 4.69) is 15.9 Å². The summed E-state index contributed by atoms with van der Waals surface area (Å²) in [6.45, 7) is -0.570. The Hall–Kier alpha value is -1.37. The van der Waals surface area contributed by atoms with E-state index in [9.17, 15) is 9.59 Å². The number of carbonyl (C=O) groups excluding carboxylic acids is 2. The molecule has 0 aliphatic rings. The summed E-state index contributed by atoms with van der Waals surface area (Å²) in [5.74, 6) is -0.343. The van der Waals surface area contributed by atoms with E-state index >= 15 is 0 Å². The highest BCUT2D eigenvalue weighted by Crippen LogP contribution is 2.21. The van der Waals surface area contributed by atoms with Crippen molar-refractivity contribution in [2.24, 2.45) is 0 Å². The molecule has 1 aromatic carbocycles. The maximum Gasteiger partial charge on any atom is 0.344 e. The van der Waals surface area contributed by atoms with Crippen LogP contribution in [-0.2, 0) is 9.53 Å². The SMILES string of the molecule is O=C(COc1ccc(Br)cc1)OCC(=O)c1ccc(Cl)s1. The minimum absolute atomic E-state index is 0.250. The number of thiophene rings is 1. The minimum Gasteiger partial charge on any atom is -0.482 e. The lowest BCUT2D eigenvalue weighted by Crippen LogP contribution is -2.19. The number of Topliss-reactive ketones (excluding diaryl/α,β-unsaturated/α-hetero) is 1. The molecule has 0 aliphatic heterocycles. The van der Waals surface area contributed by atoms with Gasteiger partial charge in [-0.1, -0.05) is 27.5 Å². The van der Waals surface area contributed by atoms with Gasteiger partial charge in [-0.25, -0.2) is 4.79 Å². The Kier molecular flexibility index (Phi) is 5.78. The van der Waals surface area contributed by atoms with Crippen LogP contribution < -0.4 is 4.74 Å². The number of hydrogen-bond donors (Lipinski definition) is 0. The third kappa shape index (κ3) is 5.15. The van der Waals surface area contributed by atoms with Crippen LogP contribution in [0.2, 0.25) is 4.34 Å². The number of carbonyl (C=O) groups is 2. The molecule has 0 fully saturated rings. The van der Waals surface area contributed by atoms with Crippen LogP contribution in [0.3, 0.4) is 0 Å². The summed E-state index contributed by atoms with van der Waals surface area (Å²) in [5, 5.41) is 0. The van der Waals surface area contributed by atoms with Crippen LogP contribution in [0.15, 0.2) is 40.9 Å². The lowest BCUT2D eigenvalue weighted by Gasteiger charge is -2.06. The Balaban J connectivity index is 1.74. The van der Waals surface area contributed by atoms with Crippen LogP contribution in [0.4, 0.5) is 0 Å². The lowest BCUT2D eigenvalue weighted by atomic mass is 10.3. The summed E-state index contributed by atoms with van der Waals surface area (Å²) in [5.41, 5.74) is 0. The quantitative estimate of drug-likeness (QED) is 0.554. The molecule has 0 atom stereocenters. The van der Waals surface area contributed by atoms with Crippen LogP contribution in [0.25, 0.3) is 0 Å². The fourth-order valence-corrected chi connectivity index (χ4v) is 2.63. The second-order valence-corrected chi connectivity index (χ2v) is 6.56. The van der Waals surface area contributed by atoms with Gasteiger partial charge in [0.1, 0.15) is 5.75 Å². The molecule has 0 spiro atoms. The first-order valence-corrected chi connectivity index (χ1v) is 7.86. The van der Waals surface area contributed by atoms with Crippen LogP contribution in [0, 0.1) is 0 Å². The Morgan fingerprint density at radius 2 is 1.81 bits per heavy atom. The van der Waals surface area contributed by atoms with Crippen LogP contribution >= 0.6 is 38.9 Å². The number of rotatable bonds is 6. The summed E-state index contributed by atoms with van der Waals surface area (Å²) >= 11 is 10.2. The van der Waals surface area contributed by atoms with Gasteiger partial charge in [-0.15, -0.1) is 11.3 Å². The topological polar surface area (TPSA) is 52.6 Å². The van der Waals surface area contributed by atoms with Crippen molar-refractivity contribution >= 4 is 50.6 Å². The predicted octanol–water partition coefficient (Wildman–Crippen LogP) is 3.97. The van der Waals surface area contributed by atoms with Crippen molar-refractivity contribution in [1.29, 1.82) is 0 Å². The second-order valence-electron chi connectivity index (χ2n) is 3.93. The van der Waals surface area contributed by atoms with E-state index in [0.717, 1.165) is 15.8 Å². The van der Waals surface area contributed by atoms with E-state index in [4.69, 9.17) is 21.1 Å². The van der Waals surface area contributed by atoms with Crippen molar-refractivity contribution in [3.05, 3.63) is 50.1 Å². The van der Waals surface area contributed by atoms with Gasteiger partial charge in [-0.2, -0.15) is 0 Å². The third-order valence-corrected chi connectivity index (χ3v) is 4.18. The van der Waals surface area contributed by atoms with Gasteiger partial charge in [0, 0.05) is 4.47 Å². The number of benzene rings is 1. The monoisotopic (exact) mass is 388 g/mol. The van der Waals surface area contributed by atoms with E-state index in [0.29, 0.717) is 15.0 Å². The molecule has 0 bridgehead atoms. The Morgan fingerprint density at radius 3 is 2.43 bits per heavy atom. The highest BCUT2D eigenvalue weighted by atomic mass is 79.9. The second kappa shape index (κ2) is 7.59. The zero-order chi connectivity index (χ0) is 15.2. The molecule has 0 aliphatic carbocycles. The van der Waals surface area contributed by atoms with Gasteiger partial charge in [-0.05, 0) is 36.4 Å². The smallest absolute Gasteiger partial charge is 0.344 e. The van der Waals surface area contributed by atoms with Gasteiger partial charge in [-0.3, -0.25) is 4.79 Å². The standard InChI is InChI=1S/C14H10BrClO4S/c15-9-1-3-10(4-2-9)19-8-14(18)20-7-11(17)12-5-6-13(16)21-12/h1-6H,7-8H2. The Bertz CT molecular complexity index is 639. The molecule has 0 amide bonds. The van der Waals surface area contributed by atoms with E-state index in [1.165, 1.54) is 0 Å². The van der Waals surface area contributed by atoms with Crippen molar-refractivity contribution in [1.82, 2.24) is 0 Å². The number of ketones is 1. The lowest BCUT2D eigenvalue weighted by molar-refractivity contribution is -0.144. The molecule has 1 heterocycles. The van der Waals surface area contributed by atoms with Gasteiger partial charge in [0.2, 0.25) is 5.78 Å². The minimum atomic E-state index is -0.603. The molecule has 7 heteroatoms. The van der Waals surface area contributed by atoms with Crippen molar-refractivity contribution < 1.29 is 19.1 Å².